The predicted molar refractivity (Wildman–Crippen MR) is 140 cm³/mol. The molecule has 2 aromatic heterocycles. The number of nitrogens with zero attached hydrogens (tertiary/aromatic N) is 2. The fraction of sp³-hybridized carbons (Fsp3) is 0.407. The summed E-state index contributed by atoms with van der Waals surface area (Å²) in [5.74, 6) is 0.912. The molecule has 188 valence electrons. The van der Waals surface area contributed by atoms with Crippen LogP contribution < -0.4 is 10.1 Å². The number of amides is 1. The van der Waals surface area contributed by atoms with Gasteiger partial charge in [-0.2, -0.15) is 5.26 Å². The van der Waals surface area contributed by atoms with Crippen LogP contribution >= 0.6 is 22.7 Å². The monoisotopic (exact) mass is 523 g/mol. The number of ether oxygens (including phenoxy) is 2. The number of aromatic nitrogens is 1. The van der Waals surface area contributed by atoms with Crippen molar-refractivity contribution in [3.63, 3.8) is 0 Å². The zero-order valence-electron chi connectivity index (χ0n) is 20.5. The molecule has 0 saturated heterocycles. The second kappa shape index (κ2) is 12.2. The first-order valence-electron chi connectivity index (χ1n) is 12.1. The molecule has 1 aliphatic rings. The summed E-state index contributed by atoms with van der Waals surface area (Å²) in [5, 5.41) is 15.4. The molecule has 1 unspecified atom stereocenters. The highest BCUT2D eigenvalue weighted by Gasteiger charge is 2.28. The number of nitrogens with one attached hydrogen (secondary N) is 1. The Morgan fingerprint density at radius 3 is 2.89 bits per heavy atom. The number of carbonyl (C=O) groups excluding carboxylic acids is 2. The van der Waals surface area contributed by atoms with Crippen molar-refractivity contribution < 1.29 is 19.1 Å². The largest absolute Gasteiger partial charge is 0.494 e. The van der Waals surface area contributed by atoms with Crippen molar-refractivity contribution in [3.8, 4) is 11.8 Å². The summed E-state index contributed by atoms with van der Waals surface area (Å²) in [6.07, 6.45) is 2.41. The van der Waals surface area contributed by atoms with E-state index in [9.17, 15) is 14.9 Å². The number of benzene rings is 1. The van der Waals surface area contributed by atoms with E-state index in [-0.39, 0.29) is 18.3 Å². The lowest BCUT2D eigenvalue weighted by atomic mass is 9.92. The number of carbonyl (C=O) groups is 2. The van der Waals surface area contributed by atoms with Gasteiger partial charge in [-0.1, -0.05) is 18.2 Å². The number of Topliss-reactive ketones (excluding diaryl/α,β-unsaturated/α-hetero) is 1. The smallest absolute Gasteiger partial charge is 0.407 e. The fourth-order valence-electron chi connectivity index (χ4n) is 4.36. The van der Waals surface area contributed by atoms with Crippen LogP contribution in [0.4, 0.5) is 4.79 Å². The topological polar surface area (TPSA) is 101 Å². The van der Waals surface area contributed by atoms with E-state index in [0.29, 0.717) is 50.8 Å². The quantitative estimate of drug-likeness (QED) is 0.386. The maximum absolute atomic E-state index is 12.8. The number of ketones is 1. The number of nitriles is 1. The summed E-state index contributed by atoms with van der Waals surface area (Å²) in [4.78, 5) is 31.3. The molecule has 3 aromatic rings. The van der Waals surface area contributed by atoms with Crippen LogP contribution in [0.15, 0.2) is 29.6 Å². The summed E-state index contributed by atoms with van der Waals surface area (Å²) < 4.78 is 11.3. The van der Waals surface area contributed by atoms with Gasteiger partial charge in [-0.3, -0.25) is 4.79 Å². The Morgan fingerprint density at radius 2 is 2.14 bits per heavy atom. The van der Waals surface area contributed by atoms with Crippen LogP contribution in [0.2, 0.25) is 0 Å². The lowest BCUT2D eigenvalue weighted by molar-refractivity contribution is -0.118. The Morgan fingerprint density at radius 1 is 1.31 bits per heavy atom. The first kappa shape index (κ1) is 25.9. The molecule has 1 amide bonds. The molecule has 2 heterocycles. The van der Waals surface area contributed by atoms with Crippen LogP contribution in [-0.2, 0) is 41.8 Å². The predicted octanol–water partition coefficient (Wildman–Crippen LogP) is 5.31. The van der Waals surface area contributed by atoms with Crippen molar-refractivity contribution in [3.05, 3.63) is 66.8 Å². The van der Waals surface area contributed by atoms with E-state index >= 15 is 0 Å². The molecule has 1 aliphatic carbocycles. The van der Waals surface area contributed by atoms with Crippen LogP contribution in [-0.4, -0.2) is 29.6 Å². The Balaban J connectivity index is 1.33. The van der Waals surface area contributed by atoms with Gasteiger partial charge >= 0.3 is 6.09 Å². The van der Waals surface area contributed by atoms with E-state index in [2.05, 4.69) is 16.4 Å². The van der Waals surface area contributed by atoms with E-state index in [0.717, 1.165) is 37.3 Å². The summed E-state index contributed by atoms with van der Waals surface area (Å²) in [7, 11) is 0. The number of hydrogen-bond donors (Lipinski definition) is 1. The van der Waals surface area contributed by atoms with Crippen molar-refractivity contribution >= 4 is 34.6 Å². The van der Waals surface area contributed by atoms with Crippen molar-refractivity contribution in [1.82, 2.24) is 10.3 Å². The number of alkyl carbamates (subject to hydrolysis) is 1. The lowest BCUT2D eigenvalue weighted by Gasteiger charge is -2.22. The highest BCUT2D eigenvalue weighted by Crippen LogP contribution is 2.35. The van der Waals surface area contributed by atoms with Crippen LogP contribution in [0.25, 0.3) is 0 Å². The van der Waals surface area contributed by atoms with E-state index in [1.165, 1.54) is 11.3 Å². The minimum Gasteiger partial charge on any atom is -0.494 e. The molecule has 7 nitrogen and oxygen atoms in total. The average molecular weight is 524 g/mol. The minimum absolute atomic E-state index is 0.0980. The Kier molecular flexibility index (Phi) is 8.73. The second-order valence-corrected chi connectivity index (χ2v) is 10.9. The third-order valence-corrected chi connectivity index (χ3v) is 8.14. The summed E-state index contributed by atoms with van der Waals surface area (Å²) >= 11 is 3.04. The molecule has 0 saturated carbocycles. The standard InChI is InChI=1S/C27H29N3O4S2/c1-3-33-24-7-5-4-6-18(24)8-9-20(31)12-25-23(14-28)22-11-10-21(13-26(22)36-25)34-27(32)29-15-19-16-35-17(2)30-19/h4-7,16,21H,3,8-13,15H2,1-2H3,(H,29,32). The van der Waals surface area contributed by atoms with E-state index in [4.69, 9.17) is 9.47 Å². The fourth-order valence-corrected chi connectivity index (χ4v) is 6.37. The first-order valence-corrected chi connectivity index (χ1v) is 13.8. The molecule has 1 aromatic carbocycles. The van der Waals surface area contributed by atoms with Crippen molar-refractivity contribution in [2.45, 2.75) is 65.0 Å². The van der Waals surface area contributed by atoms with E-state index in [1.807, 2.05) is 43.5 Å². The van der Waals surface area contributed by atoms with Gasteiger partial charge in [0, 0.05) is 34.4 Å². The van der Waals surface area contributed by atoms with Crippen molar-refractivity contribution in [1.29, 1.82) is 5.26 Å². The van der Waals surface area contributed by atoms with Gasteiger partial charge in [-0.25, -0.2) is 9.78 Å². The van der Waals surface area contributed by atoms with Gasteiger partial charge in [-0.15, -0.1) is 22.7 Å². The molecule has 4 rings (SSSR count). The number of thiazole rings is 1. The van der Waals surface area contributed by atoms with Gasteiger partial charge in [0.2, 0.25) is 0 Å². The van der Waals surface area contributed by atoms with Gasteiger partial charge in [0.1, 0.15) is 23.7 Å². The number of aryl methyl sites for hydroxylation is 2. The second-order valence-electron chi connectivity index (χ2n) is 8.65. The molecule has 0 aliphatic heterocycles. The Bertz CT molecular complexity index is 1270. The van der Waals surface area contributed by atoms with Crippen molar-refractivity contribution in [2.24, 2.45) is 0 Å². The van der Waals surface area contributed by atoms with Crippen LogP contribution in [0.3, 0.4) is 0 Å². The zero-order valence-corrected chi connectivity index (χ0v) is 22.1. The Hall–Kier alpha value is -3.22. The van der Waals surface area contributed by atoms with Gasteiger partial charge in [0.15, 0.2) is 0 Å². The molecule has 0 bridgehead atoms. The summed E-state index contributed by atoms with van der Waals surface area (Å²) in [6.45, 7) is 4.77. The lowest BCUT2D eigenvalue weighted by Crippen LogP contribution is -2.31. The molecule has 0 spiro atoms. The number of para-hydroxylation sites is 1. The molecular formula is C27H29N3O4S2. The number of hydrogen-bond acceptors (Lipinski definition) is 8. The molecule has 0 fully saturated rings. The molecule has 36 heavy (non-hydrogen) atoms. The molecule has 0 radical (unpaired) electrons. The third-order valence-electron chi connectivity index (χ3n) is 6.06. The molecule has 9 heteroatoms. The number of rotatable bonds is 10. The third kappa shape index (κ3) is 6.50. The van der Waals surface area contributed by atoms with Gasteiger partial charge in [0.25, 0.3) is 0 Å². The van der Waals surface area contributed by atoms with Gasteiger partial charge in [0.05, 0.1) is 29.4 Å². The minimum atomic E-state index is -0.464. The number of thiophene rings is 1. The van der Waals surface area contributed by atoms with Crippen LogP contribution in [0, 0.1) is 18.3 Å². The zero-order chi connectivity index (χ0) is 25.5. The average Bonchev–Trinajstić information content (AvgIpc) is 3.44. The molecule has 1 atom stereocenters. The number of fused-ring (bicyclic) bond motifs is 1. The maximum atomic E-state index is 12.8. The van der Waals surface area contributed by atoms with Gasteiger partial charge in [-0.05, 0) is 50.3 Å². The molecular weight excluding hydrogens is 494 g/mol. The van der Waals surface area contributed by atoms with E-state index in [1.54, 1.807) is 11.3 Å². The normalized spacial score (nSPS) is 14.5. The first-order chi connectivity index (χ1) is 17.5. The van der Waals surface area contributed by atoms with Gasteiger partial charge < -0.3 is 14.8 Å². The Labute approximate surface area is 219 Å². The molecule has 1 N–H and O–H groups in total. The van der Waals surface area contributed by atoms with Crippen LogP contribution in [0.1, 0.15) is 56.9 Å². The highest BCUT2D eigenvalue weighted by molar-refractivity contribution is 7.12. The highest BCUT2D eigenvalue weighted by atomic mass is 32.1. The van der Waals surface area contributed by atoms with Crippen molar-refractivity contribution in [2.75, 3.05) is 6.61 Å². The van der Waals surface area contributed by atoms with E-state index < -0.39 is 6.09 Å². The van der Waals surface area contributed by atoms with Crippen LogP contribution in [0.5, 0.6) is 5.75 Å². The summed E-state index contributed by atoms with van der Waals surface area (Å²) in [6, 6.07) is 10.1. The maximum Gasteiger partial charge on any atom is 0.407 e. The SMILES string of the molecule is CCOc1ccccc1CCC(=O)Cc1sc2c(c1C#N)CCC(OC(=O)NCc1csc(C)n1)C2. The summed E-state index contributed by atoms with van der Waals surface area (Å²) in [5.41, 5.74) is 3.46.